The van der Waals surface area contributed by atoms with Gasteiger partial charge in [-0.05, 0) is 6.42 Å². The van der Waals surface area contributed by atoms with Gasteiger partial charge in [0.1, 0.15) is 24.2 Å². The molecule has 16 nitrogen and oxygen atoms in total. The van der Waals surface area contributed by atoms with E-state index in [1.807, 2.05) is 10.6 Å². The summed E-state index contributed by atoms with van der Waals surface area (Å²) in [4.78, 5) is 80.7. The molecule has 180 valence electrons. The lowest BCUT2D eigenvalue weighted by Crippen LogP contribution is -2.58. The smallest absolute Gasteiger partial charge is 0.326 e. The first-order chi connectivity index (χ1) is 14.8. The number of amides is 4. The third-order valence-corrected chi connectivity index (χ3v) is 3.84. The Morgan fingerprint density at radius 2 is 1.22 bits per heavy atom. The molecule has 4 atom stereocenters. The molecule has 4 amide bonds. The highest BCUT2D eigenvalue weighted by Gasteiger charge is 2.32. The van der Waals surface area contributed by atoms with E-state index in [2.05, 4.69) is 5.32 Å². The Morgan fingerprint density at radius 1 is 0.719 bits per heavy atom. The van der Waals surface area contributed by atoms with Crippen molar-refractivity contribution >= 4 is 41.5 Å². The van der Waals surface area contributed by atoms with Crippen LogP contribution in [0, 0.1) is 0 Å². The summed E-state index contributed by atoms with van der Waals surface area (Å²) in [7, 11) is 0. The van der Waals surface area contributed by atoms with Gasteiger partial charge in [0.2, 0.25) is 23.6 Å². The van der Waals surface area contributed by atoms with Crippen molar-refractivity contribution in [2.45, 2.75) is 49.9 Å². The Hall–Kier alpha value is -3.79. The zero-order valence-electron chi connectivity index (χ0n) is 16.6. The minimum absolute atomic E-state index is 0.466. The molecule has 4 unspecified atom stereocenters. The van der Waals surface area contributed by atoms with E-state index in [1.165, 1.54) is 0 Å². The molecule has 0 aliphatic carbocycles. The number of aliphatic hydroxyl groups is 1. The molecule has 0 aromatic heterocycles. The van der Waals surface area contributed by atoms with Crippen LogP contribution in [0.15, 0.2) is 0 Å². The Kier molecular flexibility index (Phi) is 11.9. The molecule has 16 heteroatoms. The number of rotatable bonds is 15. The first-order valence-corrected chi connectivity index (χ1v) is 9.00. The summed E-state index contributed by atoms with van der Waals surface area (Å²) in [6, 6.07) is -6.66. The van der Waals surface area contributed by atoms with E-state index < -0.39 is 98.0 Å². The summed E-state index contributed by atoms with van der Waals surface area (Å²) in [5.74, 6) is -9.09. The number of nitrogens with two attached hydrogens (primary N) is 2. The molecule has 0 spiro atoms. The van der Waals surface area contributed by atoms with Crippen molar-refractivity contribution in [1.29, 1.82) is 0 Å². The fourth-order valence-electron chi connectivity index (χ4n) is 2.23. The SMILES string of the molecule is NC(=O)CC(NC(=O)C(CCC(=O)O)NC(=O)C(N)CO)C(=O)NC(CC(=O)O)C(=O)O. The van der Waals surface area contributed by atoms with Gasteiger partial charge >= 0.3 is 17.9 Å². The zero-order valence-corrected chi connectivity index (χ0v) is 16.6. The number of aliphatic hydroxyl groups excluding tert-OH is 1. The molecule has 0 saturated heterocycles. The summed E-state index contributed by atoms with van der Waals surface area (Å²) in [6.07, 6.45) is -2.90. The number of nitrogens with one attached hydrogen (secondary N) is 3. The standard InChI is InChI=1S/C16H25N5O11/c17-6(5-22)13(28)19-7(1-2-11(24)25)14(29)20-8(3-10(18)23)15(30)21-9(16(31)32)4-12(26)27/h6-9,22H,1-5,17H2,(H2,18,23)(H,19,28)(H,20,29)(H,21,30)(H,24,25)(H,26,27)(H,31,32). The second-order valence-corrected chi connectivity index (χ2v) is 6.51. The first kappa shape index (κ1) is 28.2. The highest BCUT2D eigenvalue weighted by atomic mass is 16.4. The Bertz CT molecular complexity index is 757. The minimum Gasteiger partial charge on any atom is -0.481 e. The predicted molar refractivity (Wildman–Crippen MR) is 101 cm³/mol. The van der Waals surface area contributed by atoms with Gasteiger partial charge in [-0.15, -0.1) is 0 Å². The van der Waals surface area contributed by atoms with Crippen molar-refractivity contribution in [2.24, 2.45) is 11.5 Å². The lowest BCUT2D eigenvalue weighted by Gasteiger charge is -2.24. The molecule has 32 heavy (non-hydrogen) atoms. The summed E-state index contributed by atoms with van der Waals surface area (Å²) < 4.78 is 0. The third-order valence-electron chi connectivity index (χ3n) is 3.84. The van der Waals surface area contributed by atoms with E-state index in [0.717, 1.165) is 0 Å². The van der Waals surface area contributed by atoms with Crippen LogP contribution in [0.5, 0.6) is 0 Å². The molecule has 0 saturated carbocycles. The molecule has 0 aromatic carbocycles. The summed E-state index contributed by atoms with van der Waals surface area (Å²) >= 11 is 0. The molecule has 0 heterocycles. The fourth-order valence-corrected chi connectivity index (χ4v) is 2.23. The largest absolute Gasteiger partial charge is 0.481 e. The van der Waals surface area contributed by atoms with E-state index >= 15 is 0 Å². The van der Waals surface area contributed by atoms with Crippen LogP contribution >= 0.6 is 0 Å². The maximum Gasteiger partial charge on any atom is 0.326 e. The summed E-state index contributed by atoms with van der Waals surface area (Å²) in [5, 5.41) is 41.4. The Morgan fingerprint density at radius 3 is 1.66 bits per heavy atom. The van der Waals surface area contributed by atoms with Crippen LogP contribution in [0.25, 0.3) is 0 Å². The van der Waals surface area contributed by atoms with Crippen molar-refractivity contribution in [3.05, 3.63) is 0 Å². The molecular weight excluding hydrogens is 438 g/mol. The van der Waals surface area contributed by atoms with Gasteiger partial charge in [0.05, 0.1) is 19.4 Å². The van der Waals surface area contributed by atoms with Crippen molar-refractivity contribution in [2.75, 3.05) is 6.61 Å². The molecule has 0 aliphatic heterocycles. The molecular formula is C16H25N5O11. The molecule has 11 N–H and O–H groups in total. The lowest BCUT2D eigenvalue weighted by atomic mass is 10.1. The maximum atomic E-state index is 12.5. The van der Waals surface area contributed by atoms with E-state index in [9.17, 15) is 33.6 Å². The Balaban J connectivity index is 5.55. The van der Waals surface area contributed by atoms with Crippen molar-refractivity contribution in [3.63, 3.8) is 0 Å². The van der Waals surface area contributed by atoms with Crippen LogP contribution in [0.1, 0.15) is 25.7 Å². The molecule has 0 fully saturated rings. The summed E-state index contributed by atoms with van der Waals surface area (Å²) in [6.45, 7) is -0.786. The molecule has 0 aromatic rings. The maximum absolute atomic E-state index is 12.5. The van der Waals surface area contributed by atoms with Crippen LogP contribution in [-0.4, -0.2) is 92.7 Å². The highest BCUT2D eigenvalue weighted by molar-refractivity contribution is 5.96. The van der Waals surface area contributed by atoms with Crippen LogP contribution in [0.2, 0.25) is 0 Å². The van der Waals surface area contributed by atoms with Crippen LogP contribution in [0.4, 0.5) is 0 Å². The number of carbonyl (C=O) groups is 7. The quantitative estimate of drug-likeness (QED) is 0.110. The van der Waals surface area contributed by atoms with Crippen LogP contribution < -0.4 is 27.4 Å². The van der Waals surface area contributed by atoms with Gasteiger partial charge in [0.15, 0.2) is 0 Å². The molecule has 0 radical (unpaired) electrons. The van der Waals surface area contributed by atoms with Crippen LogP contribution in [0.3, 0.4) is 0 Å². The second kappa shape index (κ2) is 13.5. The van der Waals surface area contributed by atoms with Gasteiger partial charge in [0.25, 0.3) is 0 Å². The first-order valence-electron chi connectivity index (χ1n) is 9.00. The second-order valence-electron chi connectivity index (χ2n) is 6.51. The zero-order chi connectivity index (χ0) is 25.0. The number of primary amides is 1. The normalized spacial score (nSPS) is 14.2. The number of hydrogen-bond donors (Lipinski definition) is 9. The number of carboxylic acid groups (broad SMARTS) is 3. The average molecular weight is 463 g/mol. The van der Waals surface area contributed by atoms with E-state index in [0.29, 0.717) is 0 Å². The number of hydrogen-bond acceptors (Lipinski definition) is 9. The van der Waals surface area contributed by atoms with Gasteiger partial charge in [-0.2, -0.15) is 0 Å². The van der Waals surface area contributed by atoms with Crippen molar-refractivity contribution in [3.8, 4) is 0 Å². The van der Waals surface area contributed by atoms with Crippen LogP contribution in [-0.2, 0) is 33.6 Å². The fraction of sp³-hybridized carbons (Fsp3) is 0.562. The minimum atomic E-state index is -1.89. The highest BCUT2D eigenvalue weighted by Crippen LogP contribution is 2.03. The van der Waals surface area contributed by atoms with E-state index in [4.69, 9.17) is 31.9 Å². The summed E-state index contributed by atoms with van der Waals surface area (Å²) in [5.41, 5.74) is 10.3. The molecule has 0 bridgehead atoms. The van der Waals surface area contributed by atoms with Gasteiger partial charge < -0.3 is 47.8 Å². The topological polar surface area (TPSA) is 289 Å². The molecule has 0 rings (SSSR count). The van der Waals surface area contributed by atoms with Gasteiger partial charge in [-0.3, -0.25) is 28.8 Å². The lowest BCUT2D eigenvalue weighted by molar-refractivity contribution is -0.147. The van der Waals surface area contributed by atoms with Gasteiger partial charge in [-0.25, -0.2) is 4.79 Å². The van der Waals surface area contributed by atoms with Crippen molar-refractivity contribution < 1.29 is 54.0 Å². The number of carboxylic acids is 3. The number of aliphatic carboxylic acids is 3. The number of carbonyl (C=O) groups excluding carboxylic acids is 4. The molecule has 0 aliphatic rings. The third kappa shape index (κ3) is 10.8. The van der Waals surface area contributed by atoms with Gasteiger partial charge in [0, 0.05) is 6.42 Å². The van der Waals surface area contributed by atoms with Crippen molar-refractivity contribution in [1.82, 2.24) is 16.0 Å². The van der Waals surface area contributed by atoms with E-state index in [1.54, 1.807) is 0 Å². The average Bonchev–Trinajstić information content (AvgIpc) is 2.67. The monoisotopic (exact) mass is 463 g/mol. The van der Waals surface area contributed by atoms with E-state index in [-0.39, 0.29) is 0 Å². The Labute approximate surface area is 180 Å². The predicted octanol–water partition coefficient (Wildman–Crippen LogP) is -4.94. The van der Waals surface area contributed by atoms with Gasteiger partial charge in [-0.1, -0.05) is 0 Å².